The summed E-state index contributed by atoms with van der Waals surface area (Å²) in [5.41, 5.74) is 2.66. The second kappa shape index (κ2) is 9.93. The summed E-state index contributed by atoms with van der Waals surface area (Å²) in [5, 5.41) is 10.5. The summed E-state index contributed by atoms with van der Waals surface area (Å²) in [6, 6.07) is 23.2. The number of hydrogen-bond donors (Lipinski definition) is 1. The van der Waals surface area contributed by atoms with Gasteiger partial charge in [0.1, 0.15) is 0 Å². The predicted molar refractivity (Wildman–Crippen MR) is 162 cm³/mol. The highest BCUT2D eigenvalue weighted by Gasteiger charge is 2.12. The van der Waals surface area contributed by atoms with Gasteiger partial charge in [0, 0.05) is 51.8 Å². The maximum Gasteiger partial charge on any atom is 0.0888 e. The van der Waals surface area contributed by atoms with Crippen molar-refractivity contribution in [2.75, 3.05) is 11.9 Å². The smallest absolute Gasteiger partial charge is 0.0888 e. The number of unbranched alkanes of at least 4 members (excludes halogenated alkanes) is 5. The van der Waals surface area contributed by atoms with E-state index < -0.39 is 0 Å². The van der Waals surface area contributed by atoms with Crippen molar-refractivity contribution in [2.24, 2.45) is 0 Å². The number of aryl methyl sites for hydroxylation is 1. The van der Waals surface area contributed by atoms with Crippen LogP contribution in [0.25, 0.3) is 50.8 Å². The van der Waals surface area contributed by atoms with Crippen molar-refractivity contribution in [3.8, 4) is 10.4 Å². The van der Waals surface area contributed by atoms with Gasteiger partial charge in [-0.2, -0.15) is 0 Å². The maximum absolute atomic E-state index is 3.64. The number of nitrogens with one attached hydrogen (secondary N) is 1. The van der Waals surface area contributed by atoms with Crippen LogP contribution in [-0.2, 0) is 0 Å². The fraction of sp³-hybridized carbons (Fsp3) is 0.290. The zero-order valence-corrected chi connectivity index (χ0v) is 22.9. The molecule has 4 heteroatoms. The van der Waals surface area contributed by atoms with Crippen LogP contribution in [0.3, 0.4) is 0 Å². The van der Waals surface area contributed by atoms with E-state index in [1.54, 1.807) is 0 Å². The van der Waals surface area contributed by atoms with E-state index in [0.717, 1.165) is 6.54 Å². The molecular weight excluding hydrogens is 483 g/mol. The molecule has 0 aliphatic carbocycles. The molecule has 178 valence electrons. The highest BCUT2D eigenvalue weighted by molar-refractivity contribution is 7.27. The third-order valence-corrected chi connectivity index (χ3v) is 10.3. The molecule has 0 radical (unpaired) electrons. The van der Waals surface area contributed by atoms with E-state index in [4.69, 9.17) is 0 Å². The minimum absolute atomic E-state index is 1.08. The van der Waals surface area contributed by atoms with Crippen molar-refractivity contribution in [3.63, 3.8) is 0 Å². The van der Waals surface area contributed by atoms with Gasteiger partial charge in [-0.25, -0.2) is 0 Å². The van der Waals surface area contributed by atoms with Crippen molar-refractivity contribution in [3.05, 3.63) is 66.2 Å². The molecular formula is C31H31NS3. The molecule has 0 unspecified atom stereocenters. The molecule has 0 fully saturated rings. The second-order valence-electron chi connectivity index (χ2n) is 9.62. The predicted octanol–water partition coefficient (Wildman–Crippen LogP) is 11.2. The topological polar surface area (TPSA) is 12.0 Å². The first kappa shape index (κ1) is 23.0. The Labute approximate surface area is 219 Å². The summed E-state index contributed by atoms with van der Waals surface area (Å²) in [7, 11) is 0. The number of thiophene rings is 3. The van der Waals surface area contributed by atoms with Crippen LogP contribution in [0.15, 0.2) is 60.7 Å². The van der Waals surface area contributed by atoms with Crippen molar-refractivity contribution in [1.82, 2.24) is 0 Å². The van der Waals surface area contributed by atoms with Crippen LogP contribution in [0.1, 0.15) is 51.0 Å². The fourth-order valence-electron chi connectivity index (χ4n) is 5.01. The van der Waals surface area contributed by atoms with Crippen molar-refractivity contribution in [2.45, 2.75) is 52.4 Å². The van der Waals surface area contributed by atoms with Gasteiger partial charge in [-0.1, -0.05) is 63.3 Å². The van der Waals surface area contributed by atoms with Gasteiger partial charge in [-0.05, 0) is 60.9 Å². The summed E-state index contributed by atoms with van der Waals surface area (Å²) in [4.78, 5) is 1.34. The molecule has 0 aliphatic heterocycles. The first-order valence-corrected chi connectivity index (χ1v) is 15.3. The van der Waals surface area contributed by atoms with Gasteiger partial charge >= 0.3 is 0 Å². The first-order valence-electron chi connectivity index (χ1n) is 12.8. The molecule has 3 heterocycles. The number of fused-ring (bicyclic) bond motifs is 6. The van der Waals surface area contributed by atoms with Crippen LogP contribution in [0.2, 0.25) is 0 Å². The molecule has 6 aromatic rings. The third kappa shape index (κ3) is 4.60. The highest BCUT2D eigenvalue weighted by Crippen LogP contribution is 2.43. The largest absolute Gasteiger partial charge is 0.377 e. The lowest BCUT2D eigenvalue weighted by atomic mass is 10.1. The van der Waals surface area contributed by atoms with E-state index in [9.17, 15) is 0 Å². The van der Waals surface area contributed by atoms with Crippen molar-refractivity contribution < 1.29 is 0 Å². The molecule has 0 bridgehead atoms. The number of hydrogen-bond acceptors (Lipinski definition) is 4. The minimum Gasteiger partial charge on any atom is -0.377 e. The van der Waals surface area contributed by atoms with Gasteiger partial charge in [-0.3, -0.25) is 0 Å². The first-order chi connectivity index (χ1) is 17.2. The summed E-state index contributed by atoms with van der Waals surface area (Å²) < 4.78 is 5.55. The average Bonchev–Trinajstić information content (AvgIpc) is 3.56. The van der Waals surface area contributed by atoms with E-state index in [-0.39, 0.29) is 0 Å². The Kier molecular flexibility index (Phi) is 6.53. The van der Waals surface area contributed by atoms with Crippen LogP contribution in [0, 0.1) is 6.92 Å². The van der Waals surface area contributed by atoms with E-state index in [1.807, 2.05) is 34.0 Å². The maximum atomic E-state index is 3.64. The molecule has 0 spiro atoms. The van der Waals surface area contributed by atoms with Crippen LogP contribution in [0.4, 0.5) is 5.00 Å². The molecule has 1 nitrogen and oxygen atoms in total. The van der Waals surface area contributed by atoms with Crippen molar-refractivity contribution >= 4 is 79.4 Å². The molecule has 1 N–H and O–H groups in total. The number of benzene rings is 3. The normalized spacial score (nSPS) is 11.9. The van der Waals surface area contributed by atoms with E-state index in [1.165, 1.54) is 99.9 Å². The molecule has 0 aliphatic rings. The standard InChI is InChI=1S/C31H31NS3/c1-3-4-5-6-7-8-15-32-31-14-13-26(35-31)21-10-12-23-25-19-29-24(18-30(25)34-28(23)17-21)22-11-9-20(2)16-27(22)33-29/h9-14,16-19,32H,3-8,15H2,1-2H3. The summed E-state index contributed by atoms with van der Waals surface area (Å²) in [6.45, 7) is 5.53. The van der Waals surface area contributed by atoms with Crippen LogP contribution in [-0.4, -0.2) is 6.54 Å². The zero-order chi connectivity index (χ0) is 23.8. The van der Waals surface area contributed by atoms with Gasteiger partial charge < -0.3 is 5.32 Å². The van der Waals surface area contributed by atoms with Crippen LogP contribution in [0.5, 0.6) is 0 Å². The van der Waals surface area contributed by atoms with Crippen LogP contribution >= 0.6 is 34.0 Å². The fourth-order valence-corrected chi connectivity index (χ4v) is 8.33. The lowest BCUT2D eigenvalue weighted by Gasteiger charge is -2.03. The van der Waals surface area contributed by atoms with E-state index >= 15 is 0 Å². The summed E-state index contributed by atoms with van der Waals surface area (Å²) in [6.07, 6.45) is 8.04. The Hall–Kier alpha value is -2.40. The molecule has 6 rings (SSSR count). The lowest BCUT2D eigenvalue weighted by molar-refractivity contribution is 0.617. The van der Waals surface area contributed by atoms with E-state index in [2.05, 4.69) is 79.8 Å². The zero-order valence-electron chi connectivity index (χ0n) is 20.4. The molecule has 0 saturated heterocycles. The Morgan fingerprint density at radius 3 is 2.03 bits per heavy atom. The van der Waals surface area contributed by atoms with Gasteiger partial charge in [0.2, 0.25) is 0 Å². The summed E-state index contributed by atoms with van der Waals surface area (Å²) in [5.74, 6) is 0. The minimum atomic E-state index is 1.08. The highest BCUT2D eigenvalue weighted by atomic mass is 32.1. The SMILES string of the molecule is CCCCCCCCNc1ccc(-c2ccc3c(c2)sc2cc4c(cc23)sc2cc(C)ccc24)s1. The quantitative estimate of drug-likeness (QED) is 0.190. The molecule has 0 amide bonds. The third-order valence-electron chi connectivity index (χ3n) is 6.94. The Bertz CT molecular complexity index is 1630. The Morgan fingerprint density at radius 1 is 0.600 bits per heavy atom. The lowest BCUT2D eigenvalue weighted by Crippen LogP contribution is -1.99. The van der Waals surface area contributed by atoms with Gasteiger partial charge in [0.05, 0.1) is 5.00 Å². The second-order valence-corrected chi connectivity index (χ2v) is 12.9. The number of rotatable bonds is 9. The Balaban J connectivity index is 1.23. The van der Waals surface area contributed by atoms with Crippen LogP contribution < -0.4 is 5.32 Å². The van der Waals surface area contributed by atoms with Gasteiger partial charge in [0.15, 0.2) is 0 Å². The number of anilines is 1. The Morgan fingerprint density at radius 2 is 1.26 bits per heavy atom. The molecule has 0 saturated carbocycles. The average molecular weight is 514 g/mol. The molecule has 0 atom stereocenters. The molecule has 3 aromatic carbocycles. The van der Waals surface area contributed by atoms with Crippen molar-refractivity contribution in [1.29, 1.82) is 0 Å². The molecule has 35 heavy (non-hydrogen) atoms. The van der Waals surface area contributed by atoms with Gasteiger partial charge in [0.25, 0.3) is 0 Å². The van der Waals surface area contributed by atoms with E-state index in [0.29, 0.717) is 0 Å². The monoisotopic (exact) mass is 513 g/mol. The summed E-state index contributed by atoms with van der Waals surface area (Å²) >= 11 is 5.72. The van der Waals surface area contributed by atoms with Gasteiger partial charge in [-0.15, -0.1) is 34.0 Å². The molecule has 3 aromatic heterocycles.